The van der Waals surface area contributed by atoms with E-state index in [4.69, 9.17) is 4.74 Å². The summed E-state index contributed by atoms with van der Waals surface area (Å²) in [6.45, 7) is 3.95. The molecule has 1 aromatic carbocycles. The van der Waals surface area contributed by atoms with Gasteiger partial charge in [-0.3, -0.25) is 9.59 Å². The van der Waals surface area contributed by atoms with Crippen LogP contribution in [0.5, 0.6) is 5.75 Å². The highest BCUT2D eigenvalue weighted by molar-refractivity contribution is 6.05. The summed E-state index contributed by atoms with van der Waals surface area (Å²) in [7, 11) is 1.25. The van der Waals surface area contributed by atoms with Gasteiger partial charge in [0.05, 0.1) is 7.11 Å². The van der Waals surface area contributed by atoms with E-state index in [-0.39, 0.29) is 16.9 Å². The molecule has 1 aromatic rings. The zero-order valence-corrected chi connectivity index (χ0v) is 12.7. The zero-order valence-electron chi connectivity index (χ0n) is 12.7. The quantitative estimate of drug-likeness (QED) is 0.616. The number of benzene rings is 1. The zero-order chi connectivity index (χ0) is 16.9. The highest BCUT2D eigenvalue weighted by atomic mass is 16.6. The molecule has 1 rings (SSSR count). The number of esters is 4. The maximum Gasteiger partial charge on any atom is 0.349 e. The third kappa shape index (κ3) is 3.91. The molecule has 0 heterocycles. The van der Waals surface area contributed by atoms with Crippen LogP contribution in [0.3, 0.4) is 0 Å². The number of methoxy groups -OCH3 is 1. The lowest BCUT2D eigenvalue weighted by atomic mass is 10.00. The van der Waals surface area contributed by atoms with Gasteiger partial charge in [0.15, 0.2) is 0 Å². The van der Waals surface area contributed by atoms with Gasteiger partial charge in [-0.1, -0.05) is 13.0 Å². The van der Waals surface area contributed by atoms with Crippen LogP contribution in [0.25, 0.3) is 0 Å². The van der Waals surface area contributed by atoms with Crippen molar-refractivity contribution < 1.29 is 33.4 Å². The van der Waals surface area contributed by atoms with E-state index in [1.165, 1.54) is 19.2 Å². The molecular weight excluding hydrogens is 292 g/mol. The van der Waals surface area contributed by atoms with Crippen LogP contribution in [-0.2, 0) is 25.5 Å². The molecule has 0 aliphatic carbocycles. The van der Waals surface area contributed by atoms with Gasteiger partial charge in [-0.25, -0.2) is 9.59 Å². The van der Waals surface area contributed by atoms with Crippen molar-refractivity contribution >= 4 is 23.9 Å². The van der Waals surface area contributed by atoms with Gasteiger partial charge >= 0.3 is 23.9 Å². The maximum atomic E-state index is 12.1. The summed E-state index contributed by atoms with van der Waals surface area (Å²) in [5.74, 6) is -3.57. The molecule has 0 saturated carbocycles. The molecule has 0 spiro atoms. The Morgan fingerprint density at radius 2 is 1.50 bits per heavy atom. The number of carbonyl (C=O) groups is 4. The Bertz CT molecular complexity index is 631. The first kappa shape index (κ1) is 17.4. The van der Waals surface area contributed by atoms with Crippen molar-refractivity contribution in [2.75, 3.05) is 7.11 Å². The van der Waals surface area contributed by atoms with E-state index in [0.717, 1.165) is 13.8 Å². The van der Waals surface area contributed by atoms with E-state index in [1.807, 2.05) is 0 Å². The first-order valence-corrected chi connectivity index (χ1v) is 6.47. The van der Waals surface area contributed by atoms with Crippen LogP contribution in [0.15, 0.2) is 12.1 Å². The Morgan fingerprint density at radius 1 is 0.955 bits per heavy atom. The number of carbonyl (C=O) groups excluding carboxylic acids is 4. The molecule has 0 saturated heterocycles. The molecule has 22 heavy (non-hydrogen) atoms. The number of ether oxygens (including phenoxy) is 3. The summed E-state index contributed by atoms with van der Waals surface area (Å²) >= 11 is 0. The molecular formula is C15H16O7. The Balaban J connectivity index is 3.44. The van der Waals surface area contributed by atoms with Crippen LogP contribution >= 0.6 is 0 Å². The summed E-state index contributed by atoms with van der Waals surface area (Å²) in [5, 5.41) is 0. The molecule has 7 nitrogen and oxygen atoms in total. The number of hydrogen-bond acceptors (Lipinski definition) is 7. The average Bonchev–Trinajstić information content (AvgIpc) is 2.43. The van der Waals surface area contributed by atoms with E-state index in [1.54, 1.807) is 6.92 Å². The highest BCUT2D eigenvalue weighted by Crippen LogP contribution is 2.29. The van der Waals surface area contributed by atoms with Crippen LogP contribution in [0.1, 0.15) is 47.1 Å². The fourth-order valence-corrected chi connectivity index (χ4v) is 1.88. The van der Waals surface area contributed by atoms with Crippen molar-refractivity contribution in [1.82, 2.24) is 0 Å². The van der Waals surface area contributed by atoms with E-state index >= 15 is 0 Å². The van der Waals surface area contributed by atoms with Crippen LogP contribution in [0.4, 0.5) is 0 Å². The van der Waals surface area contributed by atoms with Crippen LogP contribution in [0, 0.1) is 0 Å². The SMILES string of the molecule is CCc1ccc(C(=O)OC(C)=O)c(OC)c1C(=O)OC(C)=O. The molecule has 0 aliphatic heterocycles. The van der Waals surface area contributed by atoms with Gasteiger partial charge in [-0.2, -0.15) is 0 Å². The van der Waals surface area contributed by atoms with Crippen molar-refractivity contribution in [1.29, 1.82) is 0 Å². The summed E-state index contributed by atoms with van der Waals surface area (Å²) in [4.78, 5) is 45.8. The van der Waals surface area contributed by atoms with Crippen molar-refractivity contribution in [3.63, 3.8) is 0 Å². The van der Waals surface area contributed by atoms with E-state index in [0.29, 0.717) is 12.0 Å². The van der Waals surface area contributed by atoms with Gasteiger partial charge in [0.2, 0.25) is 0 Å². The van der Waals surface area contributed by atoms with Crippen LogP contribution in [0.2, 0.25) is 0 Å². The lowest BCUT2D eigenvalue weighted by molar-refractivity contribution is -0.136. The molecule has 0 bridgehead atoms. The molecule has 7 heteroatoms. The Morgan fingerprint density at radius 3 is 1.95 bits per heavy atom. The summed E-state index contributed by atoms with van der Waals surface area (Å²) in [6.07, 6.45) is 0.445. The summed E-state index contributed by atoms with van der Waals surface area (Å²) in [5.41, 5.74) is 0.381. The predicted molar refractivity (Wildman–Crippen MR) is 74.6 cm³/mol. The minimum Gasteiger partial charge on any atom is -0.495 e. The molecule has 0 aromatic heterocycles. The largest absolute Gasteiger partial charge is 0.495 e. The lowest BCUT2D eigenvalue weighted by Gasteiger charge is -2.14. The van der Waals surface area contributed by atoms with Crippen LogP contribution in [-0.4, -0.2) is 31.0 Å². The minimum atomic E-state index is -0.955. The molecule has 0 aliphatic rings. The highest BCUT2D eigenvalue weighted by Gasteiger charge is 2.26. The minimum absolute atomic E-state index is 0.0433. The Hall–Kier alpha value is -2.70. The van der Waals surface area contributed by atoms with Gasteiger partial charge in [0, 0.05) is 13.8 Å². The smallest absolute Gasteiger partial charge is 0.349 e. The molecule has 0 N–H and O–H groups in total. The fourth-order valence-electron chi connectivity index (χ4n) is 1.88. The van der Waals surface area contributed by atoms with Gasteiger partial charge in [0.25, 0.3) is 0 Å². The van der Waals surface area contributed by atoms with Crippen molar-refractivity contribution in [2.24, 2.45) is 0 Å². The summed E-state index contributed by atoms with van der Waals surface area (Å²) < 4.78 is 14.2. The van der Waals surface area contributed by atoms with Crippen molar-refractivity contribution in [2.45, 2.75) is 27.2 Å². The van der Waals surface area contributed by atoms with Gasteiger partial charge in [-0.15, -0.1) is 0 Å². The van der Waals surface area contributed by atoms with Gasteiger partial charge in [-0.05, 0) is 18.1 Å². The Labute approximate surface area is 127 Å². The van der Waals surface area contributed by atoms with Gasteiger partial charge in [0.1, 0.15) is 16.9 Å². The fraction of sp³-hybridized carbons (Fsp3) is 0.333. The monoisotopic (exact) mass is 308 g/mol. The third-order valence-corrected chi connectivity index (χ3v) is 2.73. The topological polar surface area (TPSA) is 96.0 Å². The standard InChI is InChI=1S/C15H16O7/c1-5-10-6-7-11(14(18)21-8(2)16)13(20-4)12(10)15(19)22-9(3)17/h6-7H,5H2,1-4H3. The molecule has 0 radical (unpaired) electrons. The second-order valence-corrected chi connectivity index (χ2v) is 4.30. The lowest BCUT2D eigenvalue weighted by Crippen LogP contribution is -2.17. The second-order valence-electron chi connectivity index (χ2n) is 4.30. The van der Waals surface area contributed by atoms with Crippen LogP contribution < -0.4 is 4.74 Å². The number of hydrogen-bond donors (Lipinski definition) is 0. The first-order chi connectivity index (χ1) is 10.3. The third-order valence-electron chi connectivity index (χ3n) is 2.73. The average molecular weight is 308 g/mol. The van der Waals surface area contributed by atoms with E-state index < -0.39 is 23.9 Å². The normalized spacial score (nSPS) is 9.82. The second kappa shape index (κ2) is 7.35. The maximum absolute atomic E-state index is 12.1. The Kier molecular flexibility index (Phi) is 5.80. The van der Waals surface area contributed by atoms with E-state index in [2.05, 4.69) is 9.47 Å². The van der Waals surface area contributed by atoms with Crippen molar-refractivity contribution in [3.05, 3.63) is 28.8 Å². The van der Waals surface area contributed by atoms with Crippen molar-refractivity contribution in [3.8, 4) is 5.75 Å². The molecule has 118 valence electrons. The molecule has 0 amide bonds. The van der Waals surface area contributed by atoms with Gasteiger partial charge < -0.3 is 14.2 Å². The molecule has 0 atom stereocenters. The predicted octanol–water partition coefficient (Wildman–Crippen LogP) is 1.66. The summed E-state index contributed by atoms with van der Waals surface area (Å²) in [6, 6.07) is 2.89. The molecule has 0 fully saturated rings. The number of rotatable bonds is 4. The number of aryl methyl sites for hydroxylation is 1. The molecule has 0 unspecified atom stereocenters. The first-order valence-electron chi connectivity index (χ1n) is 6.47. The van der Waals surface area contributed by atoms with E-state index in [9.17, 15) is 19.2 Å².